The fourth-order valence-corrected chi connectivity index (χ4v) is 3.96. The maximum absolute atomic E-state index is 12.4. The minimum Gasteiger partial charge on any atom is -0.323 e. The van der Waals surface area contributed by atoms with Gasteiger partial charge in [-0.2, -0.15) is 0 Å². The molecule has 0 aromatic heterocycles. The van der Waals surface area contributed by atoms with Gasteiger partial charge in [-0.1, -0.05) is 19.3 Å². The topological polar surface area (TPSA) is 127 Å². The molecule has 0 spiro atoms. The van der Waals surface area contributed by atoms with Gasteiger partial charge in [-0.05, 0) is 18.9 Å². The molecule has 1 aliphatic carbocycles. The van der Waals surface area contributed by atoms with Crippen molar-refractivity contribution in [1.29, 1.82) is 0 Å². The van der Waals surface area contributed by atoms with Crippen LogP contribution in [0.2, 0.25) is 0 Å². The predicted octanol–water partition coefficient (Wildman–Crippen LogP) is 1.49. The Labute approximate surface area is 122 Å². The Morgan fingerprint density at radius 2 is 1.90 bits per heavy atom. The van der Waals surface area contributed by atoms with Crippen molar-refractivity contribution < 1.29 is 13.3 Å². The van der Waals surface area contributed by atoms with Crippen molar-refractivity contribution in [2.75, 3.05) is 5.43 Å². The first-order valence-corrected chi connectivity index (χ1v) is 8.20. The van der Waals surface area contributed by atoms with Crippen molar-refractivity contribution >= 4 is 21.4 Å². The molecule has 0 heterocycles. The van der Waals surface area contributed by atoms with E-state index in [1.54, 1.807) is 0 Å². The van der Waals surface area contributed by atoms with Crippen LogP contribution in [0.4, 0.5) is 11.4 Å². The average Bonchev–Trinajstić information content (AvgIpc) is 2.47. The smallest absolute Gasteiger partial charge is 0.270 e. The molecule has 0 aliphatic heterocycles. The van der Waals surface area contributed by atoms with Gasteiger partial charge in [0, 0.05) is 18.2 Å². The number of nitro benzene ring substituents is 1. The highest BCUT2D eigenvalue weighted by molar-refractivity contribution is 7.89. The molecule has 116 valence electrons. The number of hydrogen-bond acceptors (Lipinski definition) is 6. The van der Waals surface area contributed by atoms with Crippen molar-refractivity contribution in [2.24, 2.45) is 5.84 Å². The van der Waals surface area contributed by atoms with E-state index in [0.29, 0.717) is 0 Å². The summed E-state index contributed by atoms with van der Waals surface area (Å²) in [6.45, 7) is 0. The highest BCUT2D eigenvalue weighted by Crippen LogP contribution is 2.27. The first-order valence-electron chi connectivity index (χ1n) is 6.71. The molecular weight excluding hydrogens is 296 g/mol. The van der Waals surface area contributed by atoms with Gasteiger partial charge < -0.3 is 5.43 Å². The predicted molar refractivity (Wildman–Crippen MR) is 78.1 cm³/mol. The second-order valence-corrected chi connectivity index (χ2v) is 6.72. The summed E-state index contributed by atoms with van der Waals surface area (Å²) in [6, 6.07) is 3.37. The first kappa shape index (κ1) is 15.7. The Kier molecular flexibility index (Phi) is 4.76. The second-order valence-electron chi connectivity index (χ2n) is 5.04. The van der Waals surface area contributed by atoms with E-state index in [4.69, 9.17) is 5.84 Å². The highest BCUT2D eigenvalue weighted by Gasteiger charge is 2.26. The summed E-state index contributed by atoms with van der Waals surface area (Å²) in [5.41, 5.74) is 2.10. The van der Waals surface area contributed by atoms with Gasteiger partial charge in [-0.3, -0.25) is 16.0 Å². The van der Waals surface area contributed by atoms with Crippen molar-refractivity contribution in [3.8, 4) is 0 Å². The summed E-state index contributed by atoms with van der Waals surface area (Å²) in [5, 5.41) is 10.8. The molecule has 1 fully saturated rings. The summed E-state index contributed by atoms with van der Waals surface area (Å²) in [6.07, 6.45) is 4.61. The van der Waals surface area contributed by atoms with Gasteiger partial charge in [0.05, 0.1) is 10.6 Å². The SMILES string of the molecule is NNc1ccc([N+](=O)[O-])cc1S(=O)(=O)NC1CCCCC1. The van der Waals surface area contributed by atoms with Crippen LogP contribution in [0.5, 0.6) is 0 Å². The van der Waals surface area contributed by atoms with Crippen LogP contribution in [0, 0.1) is 10.1 Å². The van der Waals surface area contributed by atoms with Crippen LogP contribution in [0.25, 0.3) is 0 Å². The van der Waals surface area contributed by atoms with Crippen LogP contribution in [-0.4, -0.2) is 19.4 Å². The Balaban J connectivity index is 2.32. The Bertz CT molecular complexity index is 626. The molecule has 1 aromatic rings. The average molecular weight is 314 g/mol. The van der Waals surface area contributed by atoms with Crippen LogP contribution in [0.1, 0.15) is 32.1 Å². The highest BCUT2D eigenvalue weighted by atomic mass is 32.2. The Morgan fingerprint density at radius 3 is 2.48 bits per heavy atom. The zero-order chi connectivity index (χ0) is 15.5. The zero-order valence-corrected chi connectivity index (χ0v) is 12.2. The van der Waals surface area contributed by atoms with Crippen molar-refractivity contribution in [3.05, 3.63) is 28.3 Å². The van der Waals surface area contributed by atoms with E-state index in [-0.39, 0.29) is 22.3 Å². The van der Waals surface area contributed by atoms with E-state index in [0.717, 1.165) is 38.2 Å². The van der Waals surface area contributed by atoms with Gasteiger partial charge >= 0.3 is 0 Å². The molecule has 0 amide bonds. The second kappa shape index (κ2) is 6.37. The fraction of sp³-hybridized carbons (Fsp3) is 0.500. The van der Waals surface area contributed by atoms with Crippen molar-refractivity contribution in [2.45, 2.75) is 43.0 Å². The molecule has 0 saturated heterocycles. The minimum atomic E-state index is -3.86. The number of nitrogens with zero attached hydrogens (tertiary/aromatic N) is 1. The normalized spacial score (nSPS) is 16.6. The molecule has 0 bridgehead atoms. The van der Waals surface area contributed by atoms with Crippen LogP contribution in [0.15, 0.2) is 23.1 Å². The lowest BCUT2D eigenvalue weighted by Gasteiger charge is -2.23. The Hall–Kier alpha value is -1.71. The number of rotatable bonds is 5. The third-order valence-corrected chi connectivity index (χ3v) is 5.11. The monoisotopic (exact) mass is 314 g/mol. The molecule has 8 nitrogen and oxygen atoms in total. The van der Waals surface area contributed by atoms with Crippen LogP contribution >= 0.6 is 0 Å². The third kappa shape index (κ3) is 3.69. The van der Waals surface area contributed by atoms with Gasteiger partial charge in [0.2, 0.25) is 10.0 Å². The summed E-state index contributed by atoms with van der Waals surface area (Å²) in [5.74, 6) is 5.29. The fourth-order valence-electron chi connectivity index (χ4n) is 2.47. The Morgan fingerprint density at radius 1 is 1.24 bits per heavy atom. The lowest BCUT2D eigenvalue weighted by atomic mass is 9.96. The van der Waals surface area contributed by atoms with E-state index in [9.17, 15) is 18.5 Å². The molecule has 1 aliphatic rings. The van der Waals surface area contributed by atoms with Crippen molar-refractivity contribution in [1.82, 2.24) is 4.72 Å². The molecule has 1 aromatic carbocycles. The molecule has 4 N–H and O–H groups in total. The standard InChI is InChI=1S/C12H18N4O4S/c13-14-11-7-6-10(16(17)18)8-12(11)21(19,20)15-9-4-2-1-3-5-9/h6-9,14-15H,1-5,13H2. The summed E-state index contributed by atoms with van der Waals surface area (Å²) in [4.78, 5) is 9.97. The van der Waals surface area contributed by atoms with E-state index < -0.39 is 14.9 Å². The lowest BCUT2D eigenvalue weighted by Crippen LogP contribution is -2.36. The number of non-ortho nitro benzene ring substituents is 1. The van der Waals surface area contributed by atoms with E-state index in [1.165, 1.54) is 12.1 Å². The molecule has 0 radical (unpaired) electrons. The van der Waals surface area contributed by atoms with E-state index in [2.05, 4.69) is 10.1 Å². The number of benzene rings is 1. The van der Waals surface area contributed by atoms with Gasteiger partial charge in [0.25, 0.3) is 5.69 Å². The van der Waals surface area contributed by atoms with Gasteiger partial charge in [-0.25, -0.2) is 13.1 Å². The van der Waals surface area contributed by atoms with Crippen LogP contribution in [-0.2, 0) is 10.0 Å². The quantitative estimate of drug-likeness (QED) is 0.429. The number of hydrogen-bond donors (Lipinski definition) is 3. The number of nitrogens with two attached hydrogens (primary N) is 1. The maximum Gasteiger partial charge on any atom is 0.270 e. The third-order valence-electron chi connectivity index (χ3n) is 3.55. The van der Waals surface area contributed by atoms with E-state index in [1.807, 2.05) is 0 Å². The number of nitro groups is 1. The number of nitrogen functional groups attached to an aromatic ring is 1. The van der Waals surface area contributed by atoms with Gasteiger partial charge in [0.15, 0.2) is 0 Å². The van der Waals surface area contributed by atoms with Gasteiger partial charge in [-0.15, -0.1) is 0 Å². The summed E-state index contributed by atoms with van der Waals surface area (Å²) >= 11 is 0. The number of sulfonamides is 1. The largest absolute Gasteiger partial charge is 0.323 e. The molecule has 0 unspecified atom stereocenters. The molecule has 2 rings (SSSR count). The number of anilines is 1. The lowest BCUT2D eigenvalue weighted by molar-refractivity contribution is -0.385. The first-order chi connectivity index (χ1) is 9.94. The number of nitrogens with one attached hydrogen (secondary N) is 2. The number of hydrazine groups is 1. The van der Waals surface area contributed by atoms with Gasteiger partial charge in [0.1, 0.15) is 4.90 Å². The molecular formula is C12H18N4O4S. The molecule has 0 atom stereocenters. The zero-order valence-electron chi connectivity index (χ0n) is 11.4. The molecule has 21 heavy (non-hydrogen) atoms. The summed E-state index contributed by atoms with van der Waals surface area (Å²) < 4.78 is 27.5. The summed E-state index contributed by atoms with van der Waals surface area (Å²) in [7, 11) is -3.86. The molecule has 1 saturated carbocycles. The van der Waals surface area contributed by atoms with Crippen molar-refractivity contribution in [3.63, 3.8) is 0 Å². The van der Waals surface area contributed by atoms with Crippen LogP contribution in [0.3, 0.4) is 0 Å². The van der Waals surface area contributed by atoms with E-state index >= 15 is 0 Å². The minimum absolute atomic E-state index is 0.129. The molecule has 9 heteroatoms. The van der Waals surface area contributed by atoms with Crippen LogP contribution < -0.4 is 16.0 Å². The maximum atomic E-state index is 12.4.